The number of nitrogens with zero attached hydrogens (tertiary/aromatic N) is 1. The average Bonchev–Trinajstić information content (AvgIpc) is 2.43. The molecule has 4 nitrogen and oxygen atoms in total. The Morgan fingerprint density at radius 2 is 2.05 bits per heavy atom. The number of pyridine rings is 1. The van der Waals surface area contributed by atoms with Gasteiger partial charge in [-0.15, -0.1) is 4.73 Å². The standard InChI is InChI=1S/C15H10ClNO3S/c1-9-7-15(18)20-12-8-10(5-6-11(9)12)21-14-4-2-3-13(16)17(14)19/h2-8H,1H3. The van der Waals surface area contributed by atoms with Gasteiger partial charge in [0.05, 0.1) is 0 Å². The Morgan fingerprint density at radius 1 is 1.24 bits per heavy atom. The van der Waals surface area contributed by atoms with Crippen molar-refractivity contribution >= 4 is 34.3 Å². The first-order valence-electron chi connectivity index (χ1n) is 6.15. The minimum atomic E-state index is -0.385. The summed E-state index contributed by atoms with van der Waals surface area (Å²) >= 11 is 7.05. The van der Waals surface area contributed by atoms with E-state index in [1.165, 1.54) is 23.9 Å². The number of rotatable bonds is 2. The number of aryl methyl sites for hydroxylation is 1. The van der Waals surface area contributed by atoms with Crippen molar-refractivity contribution in [1.29, 1.82) is 0 Å². The van der Waals surface area contributed by atoms with Crippen molar-refractivity contribution in [3.8, 4) is 0 Å². The second kappa shape index (κ2) is 5.42. The summed E-state index contributed by atoms with van der Waals surface area (Å²) in [5, 5.41) is 13.3. The second-order valence-electron chi connectivity index (χ2n) is 4.49. The van der Waals surface area contributed by atoms with E-state index in [4.69, 9.17) is 16.0 Å². The summed E-state index contributed by atoms with van der Waals surface area (Å²) in [4.78, 5) is 12.2. The molecule has 0 unspecified atom stereocenters. The highest BCUT2D eigenvalue weighted by molar-refractivity contribution is 7.99. The van der Waals surface area contributed by atoms with Gasteiger partial charge in [-0.2, -0.15) is 0 Å². The van der Waals surface area contributed by atoms with E-state index in [1.54, 1.807) is 18.2 Å². The smallest absolute Gasteiger partial charge is 0.336 e. The first kappa shape index (κ1) is 14.0. The highest BCUT2D eigenvalue weighted by Gasteiger charge is 2.12. The van der Waals surface area contributed by atoms with Gasteiger partial charge < -0.3 is 9.62 Å². The van der Waals surface area contributed by atoms with Crippen LogP contribution >= 0.6 is 23.4 Å². The Kier molecular flexibility index (Phi) is 3.61. The van der Waals surface area contributed by atoms with Crippen molar-refractivity contribution in [3.63, 3.8) is 0 Å². The molecule has 0 fully saturated rings. The lowest BCUT2D eigenvalue weighted by molar-refractivity contribution is -0.643. The summed E-state index contributed by atoms with van der Waals surface area (Å²) in [6, 6.07) is 11.9. The molecule has 0 aliphatic rings. The monoisotopic (exact) mass is 319 g/mol. The Labute approximate surface area is 129 Å². The van der Waals surface area contributed by atoms with Crippen molar-refractivity contribution in [2.24, 2.45) is 0 Å². The summed E-state index contributed by atoms with van der Waals surface area (Å²) in [6.45, 7) is 1.86. The first-order chi connectivity index (χ1) is 10.0. The van der Waals surface area contributed by atoms with Gasteiger partial charge in [0.15, 0.2) is 0 Å². The zero-order valence-electron chi connectivity index (χ0n) is 11.0. The van der Waals surface area contributed by atoms with Crippen LogP contribution in [0.5, 0.6) is 0 Å². The van der Waals surface area contributed by atoms with Gasteiger partial charge in [-0.05, 0) is 60.1 Å². The summed E-state index contributed by atoms with van der Waals surface area (Å²) in [5.41, 5.74) is 0.979. The predicted octanol–water partition coefficient (Wildman–Crippen LogP) is 3.54. The molecule has 3 rings (SSSR count). The van der Waals surface area contributed by atoms with E-state index in [9.17, 15) is 10.0 Å². The van der Waals surface area contributed by atoms with Crippen LogP contribution in [0.1, 0.15) is 5.56 Å². The number of hydrogen-bond acceptors (Lipinski definition) is 4. The molecule has 3 aromatic rings. The van der Waals surface area contributed by atoms with Crippen LogP contribution < -0.4 is 10.4 Å². The molecule has 2 heterocycles. The maximum Gasteiger partial charge on any atom is 0.336 e. The van der Waals surface area contributed by atoms with Crippen molar-refractivity contribution in [1.82, 2.24) is 0 Å². The van der Waals surface area contributed by atoms with Gasteiger partial charge in [-0.3, -0.25) is 0 Å². The third-order valence-electron chi connectivity index (χ3n) is 3.01. The molecule has 0 atom stereocenters. The van der Waals surface area contributed by atoms with Crippen LogP contribution in [-0.2, 0) is 0 Å². The molecule has 1 aromatic carbocycles. The van der Waals surface area contributed by atoms with Gasteiger partial charge in [0.1, 0.15) is 5.58 Å². The third kappa shape index (κ3) is 2.75. The summed E-state index contributed by atoms with van der Waals surface area (Å²) < 4.78 is 5.85. The molecule has 0 N–H and O–H groups in total. The molecular formula is C15H10ClNO3S. The van der Waals surface area contributed by atoms with E-state index in [1.807, 2.05) is 19.1 Å². The van der Waals surface area contributed by atoms with Crippen LogP contribution in [0, 0.1) is 12.1 Å². The Hall–Kier alpha value is -1.98. The Bertz CT molecular complexity index is 892. The fourth-order valence-corrected chi connectivity index (χ4v) is 3.10. The fourth-order valence-electron chi connectivity index (χ4n) is 2.02. The molecule has 0 radical (unpaired) electrons. The maximum absolute atomic E-state index is 11.8. The van der Waals surface area contributed by atoms with Crippen LogP contribution in [0.25, 0.3) is 11.0 Å². The molecule has 0 spiro atoms. The lowest BCUT2D eigenvalue weighted by atomic mass is 10.1. The molecule has 0 amide bonds. The highest BCUT2D eigenvalue weighted by atomic mass is 35.5. The second-order valence-corrected chi connectivity index (χ2v) is 5.97. The van der Waals surface area contributed by atoms with Gasteiger partial charge in [0.25, 0.3) is 10.2 Å². The van der Waals surface area contributed by atoms with Crippen LogP contribution in [0.4, 0.5) is 0 Å². The highest BCUT2D eigenvalue weighted by Crippen LogP contribution is 2.29. The topological polar surface area (TPSA) is 57.2 Å². The SMILES string of the molecule is Cc1cc(=O)oc2cc(Sc3cccc(Cl)[n+]3[O-])ccc12. The molecule has 0 bridgehead atoms. The quantitative estimate of drug-likeness (QED) is 0.314. The lowest BCUT2D eigenvalue weighted by Crippen LogP contribution is -2.29. The number of fused-ring (bicyclic) bond motifs is 1. The van der Waals surface area contributed by atoms with E-state index in [-0.39, 0.29) is 10.8 Å². The molecule has 2 aromatic heterocycles. The average molecular weight is 320 g/mol. The van der Waals surface area contributed by atoms with E-state index < -0.39 is 0 Å². The minimum Gasteiger partial charge on any atom is -0.617 e. The molecule has 106 valence electrons. The largest absolute Gasteiger partial charge is 0.617 e. The predicted molar refractivity (Wildman–Crippen MR) is 81.8 cm³/mol. The van der Waals surface area contributed by atoms with Crippen molar-refractivity contribution < 1.29 is 9.15 Å². The molecule has 21 heavy (non-hydrogen) atoms. The minimum absolute atomic E-state index is 0.114. The number of aromatic nitrogens is 1. The lowest BCUT2D eigenvalue weighted by Gasteiger charge is -2.06. The maximum atomic E-state index is 11.8. The van der Waals surface area contributed by atoms with E-state index in [0.717, 1.165) is 15.8 Å². The summed E-state index contributed by atoms with van der Waals surface area (Å²) in [6.07, 6.45) is 0. The summed E-state index contributed by atoms with van der Waals surface area (Å²) in [5.74, 6) is 0. The van der Waals surface area contributed by atoms with E-state index >= 15 is 0 Å². The molecule has 6 heteroatoms. The summed E-state index contributed by atoms with van der Waals surface area (Å²) in [7, 11) is 0. The molecule has 0 saturated heterocycles. The molecule has 0 saturated carbocycles. The Balaban J connectivity index is 2.05. The number of hydrogen-bond donors (Lipinski definition) is 0. The molecular weight excluding hydrogens is 310 g/mol. The van der Waals surface area contributed by atoms with Crippen LogP contribution in [0.3, 0.4) is 0 Å². The molecule has 0 aliphatic heterocycles. The third-order valence-corrected chi connectivity index (χ3v) is 4.29. The number of benzene rings is 1. The zero-order chi connectivity index (χ0) is 15.0. The van der Waals surface area contributed by atoms with Gasteiger partial charge in [0.2, 0.25) is 0 Å². The molecule has 0 aliphatic carbocycles. The van der Waals surface area contributed by atoms with Gasteiger partial charge >= 0.3 is 5.63 Å². The van der Waals surface area contributed by atoms with Crippen molar-refractivity contribution in [2.75, 3.05) is 0 Å². The van der Waals surface area contributed by atoms with Gasteiger partial charge in [0, 0.05) is 28.5 Å². The Morgan fingerprint density at radius 3 is 2.86 bits per heavy atom. The van der Waals surface area contributed by atoms with Crippen molar-refractivity contribution in [3.05, 3.63) is 68.8 Å². The van der Waals surface area contributed by atoms with E-state index in [0.29, 0.717) is 15.3 Å². The fraction of sp³-hybridized carbons (Fsp3) is 0.0667. The van der Waals surface area contributed by atoms with Crippen LogP contribution in [0.2, 0.25) is 5.15 Å². The van der Waals surface area contributed by atoms with Crippen LogP contribution in [0.15, 0.2) is 61.6 Å². The van der Waals surface area contributed by atoms with Crippen molar-refractivity contribution in [2.45, 2.75) is 16.8 Å². The van der Waals surface area contributed by atoms with Gasteiger partial charge in [-0.1, -0.05) is 0 Å². The zero-order valence-corrected chi connectivity index (χ0v) is 12.6. The van der Waals surface area contributed by atoms with Gasteiger partial charge in [-0.25, -0.2) is 4.79 Å². The van der Waals surface area contributed by atoms with Crippen LogP contribution in [-0.4, -0.2) is 0 Å². The normalized spacial score (nSPS) is 11.0. The first-order valence-corrected chi connectivity index (χ1v) is 7.34. The van der Waals surface area contributed by atoms with E-state index in [2.05, 4.69) is 0 Å². The number of halogens is 1.